The molecule has 0 aliphatic carbocycles. The molecule has 0 radical (unpaired) electrons. The Morgan fingerprint density at radius 2 is 1.50 bits per heavy atom. The van der Waals surface area contributed by atoms with Gasteiger partial charge in [-0.1, -0.05) is 71.6 Å². The number of fused-ring (bicyclic) bond motifs is 1. The molecule has 2 heteroatoms. The number of rotatable bonds is 12. The van der Waals surface area contributed by atoms with E-state index in [9.17, 15) is 5.11 Å². The van der Waals surface area contributed by atoms with E-state index in [2.05, 4.69) is 27.7 Å². The first kappa shape index (κ1) is 23.1. The summed E-state index contributed by atoms with van der Waals surface area (Å²) in [6.45, 7) is 11.0. The fraction of sp³-hybridized carbons (Fsp3) is 0.769. The molecule has 28 heavy (non-hydrogen) atoms. The van der Waals surface area contributed by atoms with Crippen LogP contribution in [-0.4, -0.2) is 10.7 Å². The Labute approximate surface area is 174 Å². The molecule has 1 aromatic rings. The highest BCUT2D eigenvalue weighted by Gasteiger charge is 2.32. The first-order valence-electron chi connectivity index (χ1n) is 11.8. The third kappa shape index (κ3) is 7.01. The molecule has 0 aromatic heterocycles. The summed E-state index contributed by atoms with van der Waals surface area (Å²) in [6, 6.07) is 1.90. The molecule has 1 aliphatic heterocycles. The largest absolute Gasteiger partial charge is 0.508 e. The second-order valence-electron chi connectivity index (χ2n) is 9.80. The maximum absolute atomic E-state index is 10.1. The smallest absolute Gasteiger partial charge is 0.126 e. The molecular formula is C26H44O2. The Balaban J connectivity index is 1.60. The fourth-order valence-corrected chi connectivity index (χ4v) is 4.43. The van der Waals surface area contributed by atoms with E-state index in [1.165, 1.54) is 69.8 Å². The van der Waals surface area contributed by atoms with Gasteiger partial charge >= 0.3 is 0 Å². The standard InChI is InChI=1S/C26H44O2/c1-20(2)15-13-11-9-7-6-8-10-12-14-17-26(5)18-16-23-19-24(27)21(3)22(4)25(23)28-26/h19-20,27H,6-18H2,1-5H3/t26-/m0/s1. The lowest BCUT2D eigenvalue weighted by molar-refractivity contribution is 0.0524. The highest BCUT2D eigenvalue weighted by molar-refractivity contribution is 5.53. The van der Waals surface area contributed by atoms with Crippen LogP contribution in [0.3, 0.4) is 0 Å². The minimum Gasteiger partial charge on any atom is -0.508 e. The van der Waals surface area contributed by atoms with Crippen molar-refractivity contribution in [1.82, 2.24) is 0 Å². The molecular weight excluding hydrogens is 344 g/mol. The quantitative estimate of drug-likeness (QED) is 0.367. The lowest BCUT2D eigenvalue weighted by atomic mass is 9.86. The first-order valence-corrected chi connectivity index (χ1v) is 11.8. The highest BCUT2D eigenvalue weighted by Crippen LogP contribution is 2.41. The van der Waals surface area contributed by atoms with E-state index in [1.54, 1.807) is 0 Å². The van der Waals surface area contributed by atoms with E-state index in [1.807, 2.05) is 13.0 Å². The van der Waals surface area contributed by atoms with E-state index in [4.69, 9.17) is 4.74 Å². The first-order chi connectivity index (χ1) is 13.3. The number of phenols is 1. The van der Waals surface area contributed by atoms with Crippen molar-refractivity contribution in [1.29, 1.82) is 0 Å². The van der Waals surface area contributed by atoms with Crippen LogP contribution in [0.1, 0.15) is 115 Å². The molecule has 1 heterocycles. The van der Waals surface area contributed by atoms with Crippen molar-refractivity contribution in [2.24, 2.45) is 5.92 Å². The monoisotopic (exact) mass is 388 g/mol. The van der Waals surface area contributed by atoms with Crippen molar-refractivity contribution in [3.05, 3.63) is 22.8 Å². The number of phenolic OH excluding ortho intramolecular Hbond substituents is 1. The van der Waals surface area contributed by atoms with E-state index in [0.717, 1.165) is 42.1 Å². The fourth-order valence-electron chi connectivity index (χ4n) is 4.43. The van der Waals surface area contributed by atoms with Crippen LogP contribution in [0.2, 0.25) is 0 Å². The van der Waals surface area contributed by atoms with Gasteiger partial charge in [0.2, 0.25) is 0 Å². The SMILES string of the molecule is Cc1c(O)cc2c(c1C)O[C@@](C)(CCCCCCCCCCCC(C)C)CC2. The highest BCUT2D eigenvalue weighted by atomic mass is 16.5. The van der Waals surface area contributed by atoms with Crippen LogP contribution in [0.4, 0.5) is 0 Å². The summed E-state index contributed by atoms with van der Waals surface area (Å²) in [6.07, 6.45) is 17.0. The number of hydrogen-bond acceptors (Lipinski definition) is 2. The van der Waals surface area contributed by atoms with Gasteiger partial charge in [-0.2, -0.15) is 0 Å². The number of aromatic hydroxyl groups is 1. The number of unbranched alkanes of at least 4 members (excludes halogenated alkanes) is 8. The van der Waals surface area contributed by atoms with Crippen LogP contribution in [0.15, 0.2) is 6.07 Å². The van der Waals surface area contributed by atoms with Crippen molar-refractivity contribution < 1.29 is 9.84 Å². The number of ether oxygens (including phenoxy) is 1. The zero-order valence-corrected chi connectivity index (χ0v) is 19.2. The Hall–Kier alpha value is -1.18. The van der Waals surface area contributed by atoms with Gasteiger partial charge in [0, 0.05) is 0 Å². The van der Waals surface area contributed by atoms with E-state index >= 15 is 0 Å². The molecule has 0 spiro atoms. The number of aryl methyl sites for hydroxylation is 1. The Bertz CT molecular complexity index is 605. The van der Waals surface area contributed by atoms with Crippen molar-refractivity contribution >= 4 is 0 Å². The summed E-state index contributed by atoms with van der Waals surface area (Å²) >= 11 is 0. The molecule has 1 atom stereocenters. The predicted octanol–water partition coefficient (Wildman–Crippen LogP) is 8.04. The molecule has 160 valence electrons. The second-order valence-corrected chi connectivity index (χ2v) is 9.80. The van der Waals surface area contributed by atoms with Crippen LogP contribution in [0, 0.1) is 19.8 Å². The Kier molecular flexibility index (Phi) is 9.18. The molecule has 2 rings (SSSR count). The van der Waals surface area contributed by atoms with Gasteiger partial charge in [-0.25, -0.2) is 0 Å². The van der Waals surface area contributed by atoms with Crippen molar-refractivity contribution in [2.75, 3.05) is 0 Å². The Morgan fingerprint density at radius 3 is 2.11 bits per heavy atom. The molecule has 0 bridgehead atoms. The van der Waals surface area contributed by atoms with Gasteiger partial charge in [-0.15, -0.1) is 0 Å². The molecule has 1 aliphatic rings. The average Bonchev–Trinajstić information content (AvgIpc) is 2.65. The molecule has 0 unspecified atom stereocenters. The number of benzene rings is 1. The maximum Gasteiger partial charge on any atom is 0.126 e. The maximum atomic E-state index is 10.1. The molecule has 0 saturated carbocycles. The molecule has 0 saturated heterocycles. The molecule has 0 amide bonds. The minimum atomic E-state index is -0.0441. The van der Waals surface area contributed by atoms with Gasteiger partial charge in [0.1, 0.15) is 17.1 Å². The summed E-state index contributed by atoms with van der Waals surface area (Å²) < 4.78 is 6.47. The number of hydrogen-bond donors (Lipinski definition) is 1. The van der Waals surface area contributed by atoms with Gasteiger partial charge in [-0.05, 0) is 75.1 Å². The van der Waals surface area contributed by atoms with Crippen molar-refractivity contribution in [3.8, 4) is 11.5 Å². The molecule has 1 aromatic carbocycles. The van der Waals surface area contributed by atoms with Crippen LogP contribution >= 0.6 is 0 Å². The van der Waals surface area contributed by atoms with Gasteiger partial charge < -0.3 is 9.84 Å². The predicted molar refractivity (Wildman–Crippen MR) is 121 cm³/mol. The lowest BCUT2D eigenvalue weighted by Gasteiger charge is -2.37. The van der Waals surface area contributed by atoms with E-state index in [0.29, 0.717) is 5.75 Å². The zero-order chi connectivity index (χ0) is 20.6. The van der Waals surface area contributed by atoms with E-state index < -0.39 is 0 Å². The third-order valence-electron chi connectivity index (χ3n) is 6.65. The molecule has 0 fully saturated rings. The summed E-state index contributed by atoms with van der Waals surface area (Å²) in [7, 11) is 0. The average molecular weight is 389 g/mol. The third-order valence-corrected chi connectivity index (χ3v) is 6.65. The second kappa shape index (κ2) is 11.1. The lowest BCUT2D eigenvalue weighted by Crippen LogP contribution is -2.36. The summed E-state index contributed by atoms with van der Waals surface area (Å²) in [5.74, 6) is 2.30. The summed E-state index contributed by atoms with van der Waals surface area (Å²) in [5.41, 5.74) is 3.19. The topological polar surface area (TPSA) is 29.5 Å². The van der Waals surface area contributed by atoms with Crippen molar-refractivity contribution in [2.45, 2.75) is 124 Å². The molecule has 1 N–H and O–H groups in total. The summed E-state index contributed by atoms with van der Waals surface area (Å²) in [4.78, 5) is 0. The Morgan fingerprint density at radius 1 is 0.929 bits per heavy atom. The van der Waals surface area contributed by atoms with Crippen molar-refractivity contribution in [3.63, 3.8) is 0 Å². The normalized spacial score (nSPS) is 18.9. The van der Waals surface area contributed by atoms with Crippen LogP contribution in [-0.2, 0) is 6.42 Å². The molecule has 2 nitrogen and oxygen atoms in total. The van der Waals surface area contributed by atoms with Gasteiger partial charge in [0.25, 0.3) is 0 Å². The van der Waals surface area contributed by atoms with E-state index in [-0.39, 0.29) is 5.60 Å². The van der Waals surface area contributed by atoms with Crippen LogP contribution in [0.5, 0.6) is 11.5 Å². The van der Waals surface area contributed by atoms with Gasteiger partial charge in [0.15, 0.2) is 0 Å². The van der Waals surface area contributed by atoms with Crippen LogP contribution < -0.4 is 4.74 Å². The minimum absolute atomic E-state index is 0.0441. The zero-order valence-electron chi connectivity index (χ0n) is 19.2. The van der Waals surface area contributed by atoms with Gasteiger partial charge in [-0.3, -0.25) is 0 Å². The summed E-state index contributed by atoms with van der Waals surface area (Å²) in [5, 5.41) is 10.1. The van der Waals surface area contributed by atoms with Crippen LogP contribution in [0.25, 0.3) is 0 Å². The van der Waals surface area contributed by atoms with Gasteiger partial charge in [0.05, 0.1) is 0 Å².